The van der Waals surface area contributed by atoms with Gasteiger partial charge in [0.05, 0.1) is 29.4 Å². The van der Waals surface area contributed by atoms with Crippen LogP contribution in [0.15, 0.2) is 29.6 Å². The molecule has 0 saturated carbocycles. The van der Waals surface area contributed by atoms with Crippen LogP contribution in [-0.4, -0.2) is 33.0 Å². The maximum atomic E-state index is 11.7. The first-order chi connectivity index (χ1) is 9.67. The van der Waals surface area contributed by atoms with Crippen LogP contribution in [0.25, 0.3) is 11.0 Å². The molecule has 7 nitrogen and oxygen atoms in total. The fourth-order valence-electron chi connectivity index (χ4n) is 1.86. The highest BCUT2D eigenvalue weighted by Gasteiger charge is 2.14. The third-order valence-electron chi connectivity index (χ3n) is 2.91. The number of hydrogen-bond donors (Lipinski definition) is 1. The van der Waals surface area contributed by atoms with Gasteiger partial charge in [-0.15, -0.1) is 16.5 Å². The van der Waals surface area contributed by atoms with Crippen molar-refractivity contribution in [1.29, 1.82) is 0 Å². The highest BCUT2D eigenvalue weighted by atomic mass is 35.5. The van der Waals surface area contributed by atoms with Crippen LogP contribution >= 0.6 is 11.6 Å². The summed E-state index contributed by atoms with van der Waals surface area (Å²) in [5, 5.41) is 5.95. The molecule has 2 amide bonds. The van der Waals surface area contributed by atoms with Crippen LogP contribution in [0.5, 0.6) is 0 Å². The summed E-state index contributed by atoms with van der Waals surface area (Å²) in [4.78, 5) is 26.6. The van der Waals surface area contributed by atoms with Crippen LogP contribution in [0.4, 0.5) is 4.79 Å². The molecule has 1 N–H and O–H groups in total. The monoisotopic (exact) mass is 295 g/mol. The van der Waals surface area contributed by atoms with Gasteiger partial charge in [-0.2, -0.15) is 5.01 Å². The lowest BCUT2D eigenvalue weighted by Gasteiger charge is -2.12. The van der Waals surface area contributed by atoms with E-state index in [1.807, 2.05) is 35.9 Å². The summed E-state index contributed by atoms with van der Waals surface area (Å²) in [6.07, 6.45) is 0. The van der Waals surface area contributed by atoms with Crippen molar-refractivity contribution in [2.75, 3.05) is 12.4 Å². The number of nitrogens with one attached hydrogen (secondary N) is 1. The van der Waals surface area contributed by atoms with Crippen LogP contribution in [-0.2, 0) is 13.6 Å². The number of urea groups is 1. The molecule has 0 bridgehead atoms. The molecule has 1 heterocycles. The van der Waals surface area contributed by atoms with Crippen LogP contribution < -0.4 is 5.32 Å². The summed E-state index contributed by atoms with van der Waals surface area (Å²) < 4.78 is 1.88. The maximum absolute atomic E-state index is 11.7. The number of amides is 2. The summed E-state index contributed by atoms with van der Waals surface area (Å²) in [5.41, 5.74) is 1.83. The Bertz CT molecular complexity index is 627. The summed E-state index contributed by atoms with van der Waals surface area (Å²) in [6, 6.07) is 7.07. The molecule has 0 aliphatic heterocycles. The number of nitroso groups, excluding NO2 is 1. The highest BCUT2D eigenvalue weighted by molar-refractivity contribution is 6.18. The summed E-state index contributed by atoms with van der Waals surface area (Å²) in [7, 11) is 1.87. The molecule has 1 aromatic carbocycles. The molecular formula is C12H14ClN5O2. The van der Waals surface area contributed by atoms with Gasteiger partial charge in [0.25, 0.3) is 0 Å². The van der Waals surface area contributed by atoms with Gasteiger partial charge in [0.2, 0.25) is 0 Å². The number of nitrogens with zero attached hydrogens (tertiary/aromatic N) is 4. The SMILES string of the molecule is Cn1c(CNC(=O)N(CCCl)N=O)nc2ccccc21. The van der Waals surface area contributed by atoms with Gasteiger partial charge < -0.3 is 9.88 Å². The number of imidazole rings is 1. The van der Waals surface area contributed by atoms with E-state index < -0.39 is 6.03 Å². The number of carbonyl (C=O) groups excluding carboxylic acids is 1. The van der Waals surface area contributed by atoms with Gasteiger partial charge >= 0.3 is 6.03 Å². The molecule has 0 radical (unpaired) electrons. The van der Waals surface area contributed by atoms with E-state index >= 15 is 0 Å². The molecule has 8 heteroatoms. The second-order valence-corrected chi connectivity index (χ2v) is 4.51. The number of aromatic nitrogens is 2. The van der Waals surface area contributed by atoms with E-state index in [4.69, 9.17) is 11.6 Å². The van der Waals surface area contributed by atoms with E-state index in [9.17, 15) is 9.70 Å². The van der Waals surface area contributed by atoms with Gasteiger partial charge in [0.15, 0.2) is 0 Å². The Morgan fingerprint density at radius 2 is 2.25 bits per heavy atom. The molecule has 0 unspecified atom stereocenters. The average Bonchev–Trinajstić information content (AvgIpc) is 2.79. The zero-order valence-electron chi connectivity index (χ0n) is 10.9. The Hall–Kier alpha value is -2.15. The average molecular weight is 296 g/mol. The molecule has 0 aliphatic rings. The van der Waals surface area contributed by atoms with E-state index in [2.05, 4.69) is 15.6 Å². The summed E-state index contributed by atoms with van der Waals surface area (Å²) in [6.45, 7) is 0.276. The largest absolute Gasteiger partial charge is 0.340 e. The molecule has 0 fully saturated rings. The second-order valence-electron chi connectivity index (χ2n) is 4.13. The van der Waals surface area contributed by atoms with Crippen molar-refractivity contribution < 1.29 is 4.79 Å². The quantitative estimate of drug-likeness (QED) is 0.520. The Kier molecular flexibility index (Phi) is 4.52. The minimum atomic E-state index is -0.590. The lowest BCUT2D eigenvalue weighted by atomic mass is 10.3. The molecule has 0 aliphatic carbocycles. The summed E-state index contributed by atoms with van der Waals surface area (Å²) >= 11 is 5.48. The smallest absolute Gasteiger partial charge is 0.330 e. The zero-order chi connectivity index (χ0) is 14.5. The van der Waals surface area contributed by atoms with E-state index in [1.54, 1.807) is 0 Å². The number of benzene rings is 1. The van der Waals surface area contributed by atoms with Crippen LogP contribution in [0.1, 0.15) is 5.82 Å². The third-order valence-corrected chi connectivity index (χ3v) is 3.08. The molecule has 0 saturated heterocycles. The normalized spacial score (nSPS) is 10.5. The fourth-order valence-corrected chi connectivity index (χ4v) is 2.02. The fraction of sp³-hybridized carbons (Fsp3) is 0.333. The molecule has 1 aromatic heterocycles. The first-order valence-corrected chi connectivity index (χ1v) is 6.55. The molecular weight excluding hydrogens is 282 g/mol. The number of halogens is 1. The lowest BCUT2D eigenvalue weighted by molar-refractivity contribution is 0.201. The number of rotatable bonds is 5. The lowest BCUT2D eigenvalue weighted by Crippen LogP contribution is -2.37. The number of fused-ring (bicyclic) bond motifs is 1. The zero-order valence-corrected chi connectivity index (χ0v) is 11.7. The van der Waals surface area contributed by atoms with Crippen molar-refractivity contribution in [3.05, 3.63) is 35.0 Å². The standard InChI is InChI=1S/C12H14ClN5O2/c1-17-10-5-3-2-4-9(10)15-11(17)8-14-12(19)18(16-20)7-6-13/h2-5H,6-8H2,1H3,(H,14,19). The first kappa shape index (κ1) is 14.3. The topological polar surface area (TPSA) is 79.6 Å². The van der Waals surface area contributed by atoms with Crippen molar-refractivity contribution in [1.82, 2.24) is 19.9 Å². The van der Waals surface area contributed by atoms with Crippen LogP contribution in [0.3, 0.4) is 0 Å². The predicted octanol–water partition coefficient (Wildman–Crippen LogP) is 2.01. The molecule has 2 aromatic rings. The van der Waals surface area contributed by atoms with Crippen molar-refractivity contribution in [3.63, 3.8) is 0 Å². The highest BCUT2D eigenvalue weighted by Crippen LogP contribution is 2.13. The van der Waals surface area contributed by atoms with Gasteiger partial charge in [-0.1, -0.05) is 12.1 Å². The van der Waals surface area contributed by atoms with Crippen molar-refractivity contribution in [2.45, 2.75) is 6.54 Å². The Balaban J connectivity index is 2.07. The minimum absolute atomic E-state index is 0.0689. The third kappa shape index (κ3) is 2.88. The minimum Gasteiger partial charge on any atom is -0.330 e. The van der Waals surface area contributed by atoms with Gasteiger partial charge in [-0.25, -0.2) is 9.78 Å². The van der Waals surface area contributed by atoms with Crippen molar-refractivity contribution >= 4 is 28.7 Å². The maximum Gasteiger partial charge on any atom is 0.340 e. The van der Waals surface area contributed by atoms with Gasteiger partial charge in [0.1, 0.15) is 5.82 Å². The number of carbonyl (C=O) groups is 1. The Labute approximate surface area is 120 Å². The predicted molar refractivity (Wildman–Crippen MR) is 76.2 cm³/mol. The van der Waals surface area contributed by atoms with Crippen LogP contribution in [0.2, 0.25) is 0 Å². The second kappa shape index (κ2) is 6.33. The molecule has 20 heavy (non-hydrogen) atoms. The van der Waals surface area contributed by atoms with E-state index in [1.165, 1.54) is 0 Å². The van der Waals surface area contributed by atoms with Gasteiger partial charge in [-0.05, 0) is 12.1 Å². The van der Waals surface area contributed by atoms with Crippen LogP contribution in [0, 0.1) is 4.91 Å². The Morgan fingerprint density at radius 1 is 1.50 bits per heavy atom. The van der Waals surface area contributed by atoms with Crippen molar-refractivity contribution in [3.8, 4) is 0 Å². The molecule has 0 spiro atoms. The number of alkyl halides is 1. The number of para-hydroxylation sites is 2. The van der Waals surface area contributed by atoms with E-state index in [0.717, 1.165) is 16.0 Å². The van der Waals surface area contributed by atoms with E-state index in [-0.39, 0.29) is 19.0 Å². The van der Waals surface area contributed by atoms with Gasteiger partial charge in [-0.3, -0.25) is 0 Å². The molecule has 2 rings (SSSR count). The first-order valence-electron chi connectivity index (χ1n) is 6.02. The van der Waals surface area contributed by atoms with Crippen molar-refractivity contribution in [2.24, 2.45) is 12.3 Å². The van der Waals surface area contributed by atoms with Gasteiger partial charge in [0, 0.05) is 12.9 Å². The summed E-state index contributed by atoms with van der Waals surface area (Å²) in [5.74, 6) is 0.835. The molecule has 106 valence electrons. The molecule has 0 atom stereocenters. The number of hydrogen-bond acceptors (Lipinski definition) is 4. The Morgan fingerprint density at radius 3 is 2.90 bits per heavy atom. The van der Waals surface area contributed by atoms with E-state index in [0.29, 0.717) is 5.82 Å². The number of aryl methyl sites for hydroxylation is 1.